The third-order valence-electron chi connectivity index (χ3n) is 5.75. The van der Waals surface area contributed by atoms with Crippen LogP contribution in [0.2, 0.25) is 0 Å². The largest absolute Gasteiger partial charge is 0.391 e. The van der Waals surface area contributed by atoms with Gasteiger partial charge in [0.25, 0.3) is 0 Å². The van der Waals surface area contributed by atoms with Crippen molar-refractivity contribution in [1.29, 1.82) is 0 Å². The Morgan fingerprint density at radius 3 is 2.46 bits per heavy atom. The second-order valence-corrected chi connectivity index (χ2v) is 9.52. The maximum Gasteiger partial charge on any atom is 0.237 e. The van der Waals surface area contributed by atoms with Gasteiger partial charge in [0.15, 0.2) is 5.44 Å². The van der Waals surface area contributed by atoms with Crippen molar-refractivity contribution in [3.63, 3.8) is 0 Å². The summed E-state index contributed by atoms with van der Waals surface area (Å²) < 4.78 is 17.4. The summed E-state index contributed by atoms with van der Waals surface area (Å²) in [6, 6.07) is -1.39. The zero-order chi connectivity index (χ0) is 21.2. The highest BCUT2D eigenvalue weighted by atomic mass is 32.2. The van der Waals surface area contributed by atoms with E-state index in [1.54, 1.807) is 0 Å². The van der Waals surface area contributed by atoms with Crippen LogP contribution in [0, 0.1) is 5.92 Å². The monoisotopic (exact) mass is 422 g/mol. The standard InChI is InChI=1S/C18H34N2O7S/c1-5-6-10-7-11(20(3)8-10)17(25)19-12(9(2)21)16-14(23)13(22)15(24)18(27-16)28(4)26/h9-16,18,21-24H,5-8H2,1-4H3,(H,19,25)/t9-,10+,11-,12+,13-,14+,15+,16+,18+,28+/m0/s1. The Morgan fingerprint density at radius 1 is 1.29 bits per heavy atom. The Labute approximate surface area is 168 Å². The number of rotatable bonds is 7. The average Bonchev–Trinajstić information content (AvgIpc) is 2.98. The number of nitrogens with zero attached hydrogens (tertiary/aromatic N) is 1. The molecule has 0 radical (unpaired) electrons. The van der Waals surface area contributed by atoms with Gasteiger partial charge in [0.2, 0.25) is 5.91 Å². The highest BCUT2D eigenvalue weighted by molar-refractivity contribution is 7.84. The number of likely N-dealkylation sites (N-methyl/N-ethyl adjacent to an activating group) is 1. The van der Waals surface area contributed by atoms with Crippen LogP contribution in [0.25, 0.3) is 0 Å². The van der Waals surface area contributed by atoms with Crippen molar-refractivity contribution in [2.75, 3.05) is 19.8 Å². The second kappa shape index (κ2) is 9.92. The lowest BCUT2D eigenvalue weighted by molar-refractivity contribution is -0.212. The van der Waals surface area contributed by atoms with Crippen LogP contribution in [-0.4, -0.2) is 103 Å². The summed E-state index contributed by atoms with van der Waals surface area (Å²) in [5.74, 6) is 0.133. The SMILES string of the molecule is CCC[C@@H]1C[C@@H](C(=O)N[C@@H]([C@H]2O[C@H]([S@@](C)=O)[C@H](O)[C@@H](O)[C@H]2O)[C@H](C)O)N(C)C1. The van der Waals surface area contributed by atoms with Crippen molar-refractivity contribution < 1.29 is 34.2 Å². The van der Waals surface area contributed by atoms with Crippen molar-refractivity contribution in [3.05, 3.63) is 0 Å². The Hall–Kier alpha value is -0.620. The van der Waals surface area contributed by atoms with Crippen LogP contribution in [-0.2, 0) is 20.3 Å². The number of amides is 1. The molecule has 2 fully saturated rings. The summed E-state index contributed by atoms with van der Waals surface area (Å²) in [6.07, 6.45) is -2.90. The normalized spacial score (nSPS) is 40.1. The Balaban J connectivity index is 2.14. The molecule has 0 saturated carbocycles. The van der Waals surface area contributed by atoms with E-state index in [9.17, 15) is 29.4 Å². The average molecular weight is 423 g/mol. The van der Waals surface area contributed by atoms with Crippen molar-refractivity contribution in [3.8, 4) is 0 Å². The van der Waals surface area contributed by atoms with Gasteiger partial charge in [0.1, 0.15) is 24.4 Å². The molecule has 2 rings (SSSR count). The van der Waals surface area contributed by atoms with Gasteiger partial charge in [0.05, 0.1) is 29.0 Å². The molecule has 2 aliphatic rings. The molecular weight excluding hydrogens is 388 g/mol. The maximum atomic E-state index is 12.9. The number of nitrogens with one attached hydrogen (secondary N) is 1. The third-order valence-corrected chi connectivity index (χ3v) is 6.79. The predicted octanol–water partition coefficient (Wildman–Crippen LogP) is -1.84. The number of hydrogen-bond acceptors (Lipinski definition) is 8. The van der Waals surface area contributed by atoms with E-state index in [2.05, 4.69) is 12.2 Å². The smallest absolute Gasteiger partial charge is 0.237 e. The Morgan fingerprint density at radius 2 is 1.93 bits per heavy atom. The number of carbonyl (C=O) groups is 1. The first kappa shape index (κ1) is 23.7. The van der Waals surface area contributed by atoms with E-state index in [0.717, 1.165) is 19.4 Å². The quantitative estimate of drug-likeness (QED) is 0.322. The van der Waals surface area contributed by atoms with Crippen LogP contribution in [0.4, 0.5) is 0 Å². The van der Waals surface area contributed by atoms with Gasteiger partial charge in [-0.15, -0.1) is 0 Å². The molecule has 164 valence electrons. The lowest BCUT2D eigenvalue weighted by Gasteiger charge is -2.43. The molecule has 1 amide bonds. The van der Waals surface area contributed by atoms with Gasteiger partial charge in [-0.3, -0.25) is 13.9 Å². The lowest BCUT2D eigenvalue weighted by Crippen LogP contribution is -2.66. The molecule has 0 aromatic heterocycles. The van der Waals surface area contributed by atoms with Crippen molar-refractivity contribution in [2.45, 2.75) is 81.1 Å². The molecule has 0 aromatic rings. The summed E-state index contributed by atoms with van der Waals surface area (Å²) >= 11 is 0. The van der Waals surface area contributed by atoms with Gasteiger partial charge < -0.3 is 30.5 Å². The lowest BCUT2D eigenvalue weighted by atomic mass is 9.92. The van der Waals surface area contributed by atoms with Crippen LogP contribution in [0.1, 0.15) is 33.1 Å². The molecule has 2 aliphatic heterocycles. The van der Waals surface area contributed by atoms with E-state index in [1.807, 2.05) is 11.9 Å². The second-order valence-electron chi connectivity index (χ2n) is 8.06. The highest BCUT2D eigenvalue weighted by Gasteiger charge is 2.49. The predicted molar refractivity (Wildman–Crippen MR) is 104 cm³/mol. The maximum absolute atomic E-state index is 12.9. The molecule has 10 atom stereocenters. The highest BCUT2D eigenvalue weighted by Crippen LogP contribution is 2.28. The molecule has 0 aromatic carbocycles. The minimum Gasteiger partial charge on any atom is -0.391 e. The van der Waals surface area contributed by atoms with Gasteiger partial charge in [-0.25, -0.2) is 0 Å². The van der Waals surface area contributed by atoms with E-state index in [0.29, 0.717) is 12.3 Å². The number of aliphatic hydroxyl groups excluding tert-OH is 4. The fourth-order valence-electron chi connectivity index (χ4n) is 4.21. The number of carbonyl (C=O) groups excluding carboxylic acids is 1. The van der Waals surface area contributed by atoms with E-state index < -0.39 is 52.8 Å². The first-order valence-electron chi connectivity index (χ1n) is 9.79. The van der Waals surface area contributed by atoms with E-state index >= 15 is 0 Å². The minimum atomic E-state index is -1.64. The van der Waals surface area contributed by atoms with Crippen LogP contribution in [0.3, 0.4) is 0 Å². The molecule has 0 aliphatic carbocycles. The molecule has 9 nitrogen and oxygen atoms in total. The molecular formula is C18H34N2O7S. The van der Waals surface area contributed by atoms with Crippen LogP contribution < -0.4 is 5.32 Å². The summed E-state index contributed by atoms with van der Waals surface area (Å²) in [6.45, 7) is 4.36. The fraction of sp³-hybridized carbons (Fsp3) is 0.944. The summed E-state index contributed by atoms with van der Waals surface area (Å²) in [5, 5.41) is 43.4. The minimum absolute atomic E-state index is 0.294. The van der Waals surface area contributed by atoms with Gasteiger partial charge in [-0.1, -0.05) is 13.3 Å². The van der Waals surface area contributed by atoms with E-state index in [4.69, 9.17) is 4.74 Å². The molecule has 10 heteroatoms. The number of aliphatic hydroxyl groups is 4. The van der Waals surface area contributed by atoms with E-state index in [-0.39, 0.29) is 11.9 Å². The number of hydrogen-bond donors (Lipinski definition) is 5. The van der Waals surface area contributed by atoms with Crippen LogP contribution in [0.15, 0.2) is 0 Å². The molecule has 2 saturated heterocycles. The topological polar surface area (TPSA) is 140 Å². The van der Waals surface area contributed by atoms with Gasteiger partial charge >= 0.3 is 0 Å². The van der Waals surface area contributed by atoms with Gasteiger partial charge in [-0.05, 0) is 32.7 Å². The van der Waals surface area contributed by atoms with Gasteiger partial charge in [0, 0.05) is 12.8 Å². The van der Waals surface area contributed by atoms with Crippen molar-refractivity contribution >= 4 is 16.7 Å². The summed E-state index contributed by atoms with van der Waals surface area (Å²) in [4.78, 5) is 14.8. The van der Waals surface area contributed by atoms with E-state index in [1.165, 1.54) is 13.2 Å². The Bertz CT molecular complexity index is 564. The van der Waals surface area contributed by atoms with Crippen LogP contribution in [0.5, 0.6) is 0 Å². The molecule has 5 N–H and O–H groups in total. The first-order chi connectivity index (χ1) is 13.1. The zero-order valence-electron chi connectivity index (χ0n) is 16.9. The van der Waals surface area contributed by atoms with Crippen molar-refractivity contribution in [1.82, 2.24) is 10.2 Å². The summed E-state index contributed by atoms with van der Waals surface area (Å²) in [5.41, 5.74) is -1.23. The van der Waals surface area contributed by atoms with Gasteiger partial charge in [-0.2, -0.15) is 0 Å². The van der Waals surface area contributed by atoms with Crippen LogP contribution >= 0.6 is 0 Å². The molecule has 28 heavy (non-hydrogen) atoms. The first-order valence-corrected chi connectivity index (χ1v) is 11.4. The molecule has 0 unspecified atom stereocenters. The summed E-state index contributed by atoms with van der Waals surface area (Å²) in [7, 11) is 0.233. The molecule has 0 bridgehead atoms. The number of ether oxygens (including phenoxy) is 1. The molecule has 2 heterocycles. The number of likely N-dealkylation sites (tertiary alicyclic amines) is 1. The zero-order valence-corrected chi connectivity index (χ0v) is 17.7. The third kappa shape index (κ3) is 5.10. The van der Waals surface area contributed by atoms with Crippen molar-refractivity contribution in [2.24, 2.45) is 5.92 Å². The molecule has 0 spiro atoms. The fourth-order valence-corrected chi connectivity index (χ4v) is 5.05. The Kier molecular flexibility index (Phi) is 8.38.